The fourth-order valence-corrected chi connectivity index (χ4v) is 3.90. The minimum atomic E-state index is -1.02. The summed E-state index contributed by atoms with van der Waals surface area (Å²) >= 11 is 0. The number of carboxylic acids is 1. The molecular weight excluding hydrogens is 264 g/mol. The van der Waals surface area contributed by atoms with Crippen molar-refractivity contribution >= 4 is 11.8 Å². The minimum absolute atomic E-state index is 0.134. The topological polar surface area (TPSA) is 54.4 Å². The molecule has 0 amide bonds. The highest BCUT2D eigenvalue weighted by atomic mass is 16.4. The lowest BCUT2D eigenvalue weighted by Crippen LogP contribution is -2.52. The highest BCUT2D eigenvalue weighted by Gasteiger charge is 2.56. The van der Waals surface area contributed by atoms with Crippen LogP contribution in [0.3, 0.4) is 0 Å². The number of carbonyl (C=O) groups excluding carboxylic acids is 1. The first-order valence-corrected chi connectivity index (χ1v) is 7.52. The first-order chi connectivity index (χ1) is 9.69. The highest BCUT2D eigenvalue weighted by Crippen LogP contribution is 2.52. The van der Waals surface area contributed by atoms with E-state index in [-0.39, 0.29) is 11.7 Å². The van der Waals surface area contributed by atoms with Crippen molar-refractivity contribution in [2.45, 2.75) is 52.4 Å². The predicted octanol–water partition coefficient (Wildman–Crippen LogP) is 3.73. The van der Waals surface area contributed by atoms with Crippen LogP contribution >= 0.6 is 0 Å². The van der Waals surface area contributed by atoms with Gasteiger partial charge in [-0.2, -0.15) is 0 Å². The number of carbonyl (C=O) groups is 2. The van der Waals surface area contributed by atoms with Crippen LogP contribution in [-0.4, -0.2) is 16.9 Å². The molecule has 3 heteroatoms. The van der Waals surface area contributed by atoms with Crippen LogP contribution in [-0.2, 0) is 15.0 Å². The molecule has 2 atom stereocenters. The summed E-state index contributed by atoms with van der Waals surface area (Å²) in [7, 11) is 0. The van der Waals surface area contributed by atoms with E-state index in [9.17, 15) is 14.7 Å². The molecule has 1 aromatic rings. The Morgan fingerprint density at radius 3 is 2.14 bits per heavy atom. The Balaban J connectivity index is 2.64. The first kappa shape index (κ1) is 15.7. The van der Waals surface area contributed by atoms with Crippen LogP contribution in [0, 0.1) is 18.3 Å². The average molecular weight is 288 g/mol. The van der Waals surface area contributed by atoms with Gasteiger partial charge >= 0.3 is 5.97 Å². The standard InChI is InChI=1S/C18H24O3/c1-12-5-7-13(8-6-12)18(16(20)21,17(2,3)4)14-9-10-15(19)11-14/h5-8,14H,9-11H2,1-4H3,(H,20,21). The maximum atomic E-state index is 12.3. The fourth-order valence-electron chi connectivity index (χ4n) is 3.90. The number of carboxylic acid groups (broad SMARTS) is 1. The zero-order valence-corrected chi connectivity index (χ0v) is 13.3. The molecule has 2 rings (SSSR count). The van der Waals surface area contributed by atoms with Gasteiger partial charge in [-0.05, 0) is 30.2 Å². The summed E-state index contributed by atoms with van der Waals surface area (Å²) in [5, 5.41) is 10.1. The number of aliphatic carboxylic acids is 1. The molecule has 0 bridgehead atoms. The van der Waals surface area contributed by atoms with E-state index in [2.05, 4.69) is 0 Å². The Bertz CT molecular complexity index is 551. The number of Topliss-reactive ketones (excluding diaryl/α,β-unsaturated/α-hetero) is 1. The van der Waals surface area contributed by atoms with Gasteiger partial charge < -0.3 is 5.11 Å². The summed E-state index contributed by atoms with van der Waals surface area (Å²) in [6.07, 6.45) is 1.54. The molecule has 2 unspecified atom stereocenters. The maximum absolute atomic E-state index is 12.3. The second-order valence-corrected chi connectivity index (χ2v) is 7.21. The predicted molar refractivity (Wildman–Crippen MR) is 82.3 cm³/mol. The van der Waals surface area contributed by atoms with Gasteiger partial charge in [-0.15, -0.1) is 0 Å². The molecule has 1 N–H and O–H groups in total. The molecule has 0 spiro atoms. The number of ketones is 1. The monoisotopic (exact) mass is 288 g/mol. The van der Waals surface area contributed by atoms with E-state index in [1.54, 1.807) is 0 Å². The molecule has 1 fully saturated rings. The van der Waals surface area contributed by atoms with E-state index in [1.165, 1.54) is 0 Å². The van der Waals surface area contributed by atoms with Crippen LogP contribution in [0.5, 0.6) is 0 Å². The van der Waals surface area contributed by atoms with Gasteiger partial charge in [0.25, 0.3) is 0 Å². The van der Waals surface area contributed by atoms with Crippen LogP contribution in [0.4, 0.5) is 0 Å². The van der Waals surface area contributed by atoms with Crippen molar-refractivity contribution in [2.24, 2.45) is 11.3 Å². The van der Waals surface area contributed by atoms with Gasteiger partial charge in [0.15, 0.2) is 0 Å². The summed E-state index contributed by atoms with van der Waals surface area (Å²) in [6.45, 7) is 7.87. The van der Waals surface area contributed by atoms with Gasteiger partial charge in [0.2, 0.25) is 0 Å². The third kappa shape index (κ3) is 2.50. The maximum Gasteiger partial charge on any atom is 0.314 e. The second-order valence-electron chi connectivity index (χ2n) is 7.21. The Morgan fingerprint density at radius 1 is 1.19 bits per heavy atom. The Kier molecular flexibility index (Phi) is 3.96. The first-order valence-electron chi connectivity index (χ1n) is 7.52. The Labute approximate surface area is 126 Å². The molecule has 0 saturated heterocycles. The number of aryl methyl sites for hydroxylation is 1. The molecular formula is C18H24O3. The van der Waals surface area contributed by atoms with Crippen LogP contribution in [0.15, 0.2) is 24.3 Å². The van der Waals surface area contributed by atoms with Gasteiger partial charge in [0.05, 0.1) is 0 Å². The van der Waals surface area contributed by atoms with Crippen molar-refractivity contribution in [3.63, 3.8) is 0 Å². The molecule has 1 aromatic carbocycles. The molecule has 3 nitrogen and oxygen atoms in total. The molecule has 0 aromatic heterocycles. The minimum Gasteiger partial charge on any atom is -0.481 e. The van der Waals surface area contributed by atoms with Crippen molar-refractivity contribution in [2.75, 3.05) is 0 Å². The van der Waals surface area contributed by atoms with Crippen molar-refractivity contribution < 1.29 is 14.7 Å². The number of hydrogen-bond donors (Lipinski definition) is 1. The lowest BCUT2D eigenvalue weighted by Gasteiger charge is -2.46. The summed E-state index contributed by atoms with van der Waals surface area (Å²) in [5.41, 5.74) is 0.429. The lowest BCUT2D eigenvalue weighted by atomic mass is 9.55. The van der Waals surface area contributed by atoms with Crippen LogP contribution in [0.2, 0.25) is 0 Å². The smallest absolute Gasteiger partial charge is 0.314 e. The van der Waals surface area contributed by atoms with E-state index >= 15 is 0 Å². The molecule has 0 radical (unpaired) electrons. The van der Waals surface area contributed by atoms with Crippen molar-refractivity contribution in [1.29, 1.82) is 0 Å². The second kappa shape index (κ2) is 5.28. The van der Waals surface area contributed by atoms with Crippen molar-refractivity contribution in [1.82, 2.24) is 0 Å². The molecule has 1 aliphatic rings. The quantitative estimate of drug-likeness (QED) is 0.922. The Hall–Kier alpha value is -1.64. The molecule has 0 aliphatic heterocycles. The summed E-state index contributed by atoms with van der Waals surface area (Å²) in [6, 6.07) is 7.74. The summed E-state index contributed by atoms with van der Waals surface area (Å²) in [4.78, 5) is 24.1. The van der Waals surface area contributed by atoms with Gasteiger partial charge in [-0.1, -0.05) is 50.6 Å². The summed E-state index contributed by atoms with van der Waals surface area (Å²) < 4.78 is 0. The zero-order chi connectivity index (χ0) is 15.8. The average Bonchev–Trinajstić information content (AvgIpc) is 2.77. The molecule has 1 saturated carbocycles. The molecule has 114 valence electrons. The largest absolute Gasteiger partial charge is 0.481 e. The van der Waals surface area contributed by atoms with Crippen molar-refractivity contribution in [3.8, 4) is 0 Å². The summed E-state index contributed by atoms with van der Waals surface area (Å²) in [5.74, 6) is -0.772. The normalized spacial score (nSPS) is 22.1. The lowest BCUT2D eigenvalue weighted by molar-refractivity contribution is -0.152. The van der Waals surface area contributed by atoms with Gasteiger partial charge in [0, 0.05) is 12.8 Å². The van der Waals surface area contributed by atoms with E-state index in [0.29, 0.717) is 19.3 Å². The van der Waals surface area contributed by atoms with Crippen molar-refractivity contribution in [3.05, 3.63) is 35.4 Å². The highest BCUT2D eigenvalue weighted by molar-refractivity contribution is 5.87. The third-order valence-corrected chi connectivity index (χ3v) is 4.89. The van der Waals surface area contributed by atoms with E-state index in [1.807, 2.05) is 52.0 Å². The van der Waals surface area contributed by atoms with Gasteiger partial charge in [0.1, 0.15) is 11.2 Å². The van der Waals surface area contributed by atoms with Crippen LogP contribution in [0.1, 0.15) is 51.2 Å². The van der Waals surface area contributed by atoms with Gasteiger partial charge in [-0.3, -0.25) is 9.59 Å². The van der Waals surface area contributed by atoms with E-state index in [0.717, 1.165) is 11.1 Å². The third-order valence-electron chi connectivity index (χ3n) is 4.89. The zero-order valence-electron chi connectivity index (χ0n) is 13.3. The number of hydrogen-bond acceptors (Lipinski definition) is 2. The molecule has 0 heterocycles. The van der Waals surface area contributed by atoms with Gasteiger partial charge in [-0.25, -0.2) is 0 Å². The SMILES string of the molecule is Cc1ccc(C(C(=O)O)(C2CCC(=O)C2)C(C)(C)C)cc1. The van der Waals surface area contributed by atoms with E-state index < -0.39 is 16.8 Å². The molecule has 1 aliphatic carbocycles. The number of benzene rings is 1. The van der Waals surface area contributed by atoms with Crippen LogP contribution in [0.25, 0.3) is 0 Å². The number of rotatable bonds is 3. The fraction of sp³-hybridized carbons (Fsp3) is 0.556. The molecule has 21 heavy (non-hydrogen) atoms. The Morgan fingerprint density at radius 2 is 1.76 bits per heavy atom. The van der Waals surface area contributed by atoms with Crippen LogP contribution < -0.4 is 0 Å². The van der Waals surface area contributed by atoms with E-state index in [4.69, 9.17) is 0 Å².